The van der Waals surface area contributed by atoms with Crippen molar-refractivity contribution in [2.75, 3.05) is 0 Å². The molecular weight excluding hydrogens is 1160 g/mol. The van der Waals surface area contributed by atoms with Crippen LogP contribution < -0.4 is 0 Å². The van der Waals surface area contributed by atoms with Crippen molar-refractivity contribution in [3.05, 3.63) is 252 Å². The van der Waals surface area contributed by atoms with Gasteiger partial charge in [0.05, 0.1) is 6.42 Å². The molecule has 6 aromatic rings. The van der Waals surface area contributed by atoms with Crippen LogP contribution in [0.2, 0.25) is 0 Å². The predicted octanol–water partition coefficient (Wildman–Crippen LogP) is 15.3. The quantitative estimate of drug-likeness (QED) is 0.0417. The summed E-state index contributed by atoms with van der Waals surface area (Å²) in [4.78, 5) is 56.9. The molecule has 0 aromatic heterocycles. The molecular formula is C61H53F7O5Pd2. The molecule has 396 valence electrons. The zero-order valence-corrected chi connectivity index (χ0v) is 43.9. The molecule has 0 aliphatic rings. The van der Waals surface area contributed by atoms with Gasteiger partial charge >= 0.3 is 18.0 Å². The summed E-state index contributed by atoms with van der Waals surface area (Å²) in [5.74, 6) is -16.4. The van der Waals surface area contributed by atoms with E-state index in [0.29, 0.717) is 0 Å². The van der Waals surface area contributed by atoms with E-state index in [0.717, 1.165) is 33.4 Å². The topological polar surface area (TPSA) is 85.3 Å². The number of carbonyl (C=O) groups is 5. The van der Waals surface area contributed by atoms with Crippen molar-refractivity contribution in [1.82, 2.24) is 0 Å². The van der Waals surface area contributed by atoms with E-state index < -0.39 is 41.4 Å². The average molecular weight is 1210 g/mol. The fraction of sp³-hybridized carbons (Fsp3) is 0.131. The van der Waals surface area contributed by atoms with Gasteiger partial charge in [0.1, 0.15) is 5.78 Å². The van der Waals surface area contributed by atoms with Crippen molar-refractivity contribution in [1.29, 1.82) is 0 Å². The second-order valence-electron chi connectivity index (χ2n) is 16.6. The molecule has 14 heteroatoms. The first-order valence-electron chi connectivity index (χ1n) is 22.5. The molecule has 0 unspecified atom stereocenters. The number of hydrogen-bond donors (Lipinski definition) is 0. The van der Waals surface area contributed by atoms with Gasteiger partial charge in [0.25, 0.3) is 0 Å². The van der Waals surface area contributed by atoms with Crippen LogP contribution in [-0.2, 0) is 64.8 Å². The molecule has 5 nitrogen and oxygen atoms in total. The van der Waals surface area contributed by atoms with E-state index in [1.807, 2.05) is 218 Å². The molecule has 0 heterocycles. The van der Waals surface area contributed by atoms with E-state index in [1.54, 1.807) is 36.5 Å². The second kappa shape index (κ2) is 33.7. The molecule has 0 spiro atoms. The Bertz CT molecular complexity index is 2430. The third kappa shape index (κ3) is 25.6. The van der Waals surface area contributed by atoms with Crippen molar-refractivity contribution in [3.8, 4) is 0 Å². The van der Waals surface area contributed by atoms with Crippen molar-refractivity contribution >= 4 is 65.4 Å². The van der Waals surface area contributed by atoms with Crippen molar-refractivity contribution in [2.24, 2.45) is 5.41 Å². The fourth-order valence-electron chi connectivity index (χ4n) is 5.50. The summed E-state index contributed by atoms with van der Waals surface area (Å²) < 4.78 is 86.1. The molecule has 0 saturated carbocycles. The number of rotatable bonds is 16. The summed E-state index contributed by atoms with van der Waals surface area (Å²) in [6.07, 6.45) is 12.1. The largest absolute Gasteiger partial charge is 0.460 e. The van der Waals surface area contributed by atoms with E-state index in [2.05, 4.69) is 0 Å². The van der Waals surface area contributed by atoms with Gasteiger partial charge in [-0.25, -0.2) is 0 Å². The molecule has 75 heavy (non-hydrogen) atoms. The Morgan fingerprint density at radius 2 is 0.520 bits per heavy atom. The van der Waals surface area contributed by atoms with Crippen LogP contribution in [0.1, 0.15) is 60.6 Å². The van der Waals surface area contributed by atoms with Gasteiger partial charge in [-0.1, -0.05) is 239 Å². The number of ketones is 5. The Morgan fingerprint density at radius 3 is 0.680 bits per heavy atom. The predicted molar refractivity (Wildman–Crippen MR) is 278 cm³/mol. The molecule has 6 aromatic carbocycles. The summed E-state index contributed by atoms with van der Waals surface area (Å²) in [5.41, 5.74) is 4.85. The van der Waals surface area contributed by atoms with Crippen LogP contribution in [-0.4, -0.2) is 46.9 Å². The third-order valence-electron chi connectivity index (χ3n) is 9.70. The van der Waals surface area contributed by atoms with Crippen LogP contribution in [0.25, 0.3) is 36.5 Å². The zero-order valence-electron chi connectivity index (χ0n) is 40.8. The monoisotopic (exact) mass is 1210 g/mol. The van der Waals surface area contributed by atoms with Gasteiger partial charge in [0.15, 0.2) is 17.3 Å². The molecule has 0 radical (unpaired) electrons. The average Bonchev–Trinajstić information content (AvgIpc) is 3.39. The van der Waals surface area contributed by atoms with Gasteiger partial charge < -0.3 is 0 Å². The Labute approximate surface area is 460 Å². The maximum Gasteiger partial charge on any atom is 0.460 e. The van der Waals surface area contributed by atoms with Crippen LogP contribution in [0, 0.1) is 5.41 Å². The molecule has 0 bridgehead atoms. The Hall–Kier alpha value is -7.06. The van der Waals surface area contributed by atoms with E-state index in [1.165, 1.54) is 20.8 Å². The number of allylic oxidation sites excluding steroid dienone is 6. The number of alkyl halides is 7. The molecule has 6 rings (SSSR count). The molecule has 0 aliphatic heterocycles. The Kier molecular flexibility index (Phi) is 29.6. The van der Waals surface area contributed by atoms with Crippen LogP contribution in [0.4, 0.5) is 30.7 Å². The van der Waals surface area contributed by atoms with Crippen LogP contribution in [0.5, 0.6) is 0 Å². The van der Waals surface area contributed by atoms with Gasteiger partial charge in [-0.2, -0.15) is 30.7 Å². The molecule has 0 N–H and O–H groups in total. The zero-order chi connectivity index (χ0) is 53.8. The maximum absolute atomic E-state index is 12.9. The van der Waals surface area contributed by atoms with Crippen LogP contribution >= 0.6 is 0 Å². The molecule has 0 saturated heterocycles. The van der Waals surface area contributed by atoms with Gasteiger partial charge in [0, 0.05) is 46.3 Å². The van der Waals surface area contributed by atoms with Gasteiger partial charge in [0.2, 0.25) is 5.78 Å². The standard InChI is InChI=1S/3C17H14O.C10H11F7O2.2Pd/c3*18-17(13-11-15-7-3-1-4-8-15)14-12-16-9-5-2-6-10-16;1-7(2,3)5(18)4-6(19)8(11,12)9(13,14)10(15,16)17;;/h3*1-14H;4H2,1-3H3;;. The smallest absolute Gasteiger partial charge is 0.299 e. The van der Waals surface area contributed by atoms with E-state index in [4.69, 9.17) is 0 Å². The molecule has 0 atom stereocenters. The van der Waals surface area contributed by atoms with E-state index in [-0.39, 0.29) is 58.2 Å². The van der Waals surface area contributed by atoms with Crippen molar-refractivity contribution < 1.29 is 95.6 Å². The number of hydrogen-bond acceptors (Lipinski definition) is 5. The number of halogens is 7. The van der Waals surface area contributed by atoms with E-state index in [9.17, 15) is 54.7 Å². The number of benzene rings is 6. The summed E-state index contributed by atoms with van der Waals surface area (Å²) in [7, 11) is 0. The Morgan fingerprint density at radius 1 is 0.333 bits per heavy atom. The third-order valence-corrected chi connectivity index (χ3v) is 9.70. The minimum atomic E-state index is -6.59. The minimum absolute atomic E-state index is 0. The van der Waals surface area contributed by atoms with Gasteiger partial charge in [-0.15, -0.1) is 0 Å². The van der Waals surface area contributed by atoms with Crippen molar-refractivity contribution in [2.45, 2.75) is 45.2 Å². The van der Waals surface area contributed by atoms with Gasteiger partial charge in [-0.05, 0) is 69.8 Å². The molecule has 0 amide bonds. The molecule has 0 aliphatic carbocycles. The van der Waals surface area contributed by atoms with E-state index >= 15 is 0 Å². The first kappa shape index (κ1) is 66.0. The van der Waals surface area contributed by atoms with Crippen LogP contribution in [0.15, 0.2) is 218 Å². The summed E-state index contributed by atoms with van der Waals surface area (Å²) in [5, 5.41) is 0. The summed E-state index contributed by atoms with van der Waals surface area (Å²) in [6, 6.07) is 58.7. The SMILES string of the molecule is CC(C)(C)C(=O)CC(=O)C(F)(F)C(F)(F)C(F)(F)F.O=C(C=Cc1ccccc1)C=Cc1ccccc1.O=C(C=Cc1ccccc1)C=Cc1ccccc1.O=C(C=Cc1ccccc1)C=Cc1ccccc1.[Pd].[Pd]. The normalized spacial score (nSPS) is 11.7. The van der Waals surface area contributed by atoms with Crippen LogP contribution in [0.3, 0.4) is 0 Å². The fourth-order valence-corrected chi connectivity index (χ4v) is 5.50. The first-order chi connectivity index (χ1) is 34.6. The summed E-state index contributed by atoms with van der Waals surface area (Å²) >= 11 is 0. The Balaban J connectivity index is 0.000000496. The summed E-state index contributed by atoms with van der Waals surface area (Å²) in [6.45, 7) is 3.63. The van der Waals surface area contributed by atoms with Crippen molar-refractivity contribution in [3.63, 3.8) is 0 Å². The first-order valence-corrected chi connectivity index (χ1v) is 22.5. The molecule has 0 fully saturated rings. The van der Waals surface area contributed by atoms with Gasteiger partial charge in [-0.3, -0.25) is 24.0 Å². The second-order valence-corrected chi connectivity index (χ2v) is 16.6. The number of Topliss-reactive ketones (excluding diaryl/α,β-unsaturated/α-hetero) is 2. The number of carbonyl (C=O) groups excluding carboxylic acids is 5. The maximum atomic E-state index is 12.9. The minimum Gasteiger partial charge on any atom is -0.299 e.